The number of nitrogens with one attached hydrogen (secondary N) is 2. The van der Waals surface area contributed by atoms with Crippen LogP contribution in [0.1, 0.15) is 151 Å². The Hall–Kier alpha value is -6.68. The van der Waals surface area contributed by atoms with Crippen LogP contribution in [0.15, 0.2) is 71.2 Å². The molecule has 0 radical (unpaired) electrons. The fraction of sp³-hybridized carbons (Fsp3) is 0.519. The lowest BCUT2D eigenvalue weighted by Crippen LogP contribution is -2.42. The Morgan fingerprint density at radius 1 is 0.645 bits per heavy atom. The number of amides is 2. The zero-order valence-corrected chi connectivity index (χ0v) is 47.3. The first kappa shape index (κ1) is 57.0. The number of likely N-dealkylation sites (tertiary alicyclic amines) is 2. The maximum absolute atomic E-state index is 13.1. The number of anilines is 4. The van der Waals surface area contributed by atoms with Crippen molar-refractivity contribution in [1.82, 2.24) is 49.0 Å². The summed E-state index contributed by atoms with van der Waals surface area (Å²) in [4.78, 5) is 72.1. The lowest BCUT2D eigenvalue weighted by Gasteiger charge is -2.33. The molecule has 408 valence electrons. The van der Waals surface area contributed by atoms with Crippen molar-refractivity contribution >= 4 is 79.9 Å². The fourth-order valence-corrected chi connectivity index (χ4v) is 9.70. The van der Waals surface area contributed by atoms with Gasteiger partial charge in [-0.05, 0) is 121 Å². The summed E-state index contributed by atoms with van der Waals surface area (Å²) in [5.41, 5.74) is 4.52. The monoisotopic (exact) mass is 1080 g/mol. The smallest absolute Gasteiger partial charge is 0.410 e. The molecule has 22 heteroatoms. The molecule has 2 N–H and O–H groups in total. The van der Waals surface area contributed by atoms with E-state index in [2.05, 4.69) is 54.6 Å². The predicted molar refractivity (Wildman–Crippen MR) is 293 cm³/mol. The fourth-order valence-electron chi connectivity index (χ4n) is 8.84. The molecule has 8 rings (SSSR count). The van der Waals surface area contributed by atoms with Crippen molar-refractivity contribution in [2.45, 2.75) is 141 Å². The number of thioether (sulfide) groups is 1. The number of carbonyl (C=O) groups is 4. The average Bonchev–Trinajstić information content (AvgIpc) is 4.00. The van der Waals surface area contributed by atoms with E-state index in [1.807, 2.05) is 92.1 Å². The van der Waals surface area contributed by atoms with Crippen molar-refractivity contribution in [2.24, 2.45) is 11.8 Å². The molecule has 2 fully saturated rings. The lowest BCUT2D eigenvalue weighted by atomic mass is 9.90. The van der Waals surface area contributed by atoms with Crippen molar-refractivity contribution in [3.63, 3.8) is 0 Å². The highest BCUT2D eigenvalue weighted by molar-refractivity contribution is 7.98. The van der Waals surface area contributed by atoms with Crippen molar-refractivity contribution in [1.29, 1.82) is 0 Å². The molecular weight excluding hydrogens is 1010 g/mol. The van der Waals surface area contributed by atoms with Gasteiger partial charge in [0.15, 0.2) is 28.0 Å². The van der Waals surface area contributed by atoms with E-state index in [1.165, 1.54) is 16.3 Å². The SMILES string of the molecule is CC(C)c1cnn2c(Nc3cccc(C(=O)CC4CCN(C(=O)OC(C)(C)C)CC4)c3)nc(S(C)(=O)=O)nc12.CSc1nc(Nc2cccc(C(=O)CC3CCN(C(=O)OC(C)(C)C)CC3)c2)n2ncc(C(C)C)c2n1. The Morgan fingerprint density at radius 2 is 1.05 bits per heavy atom. The van der Waals surface area contributed by atoms with Gasteiger partial charge in [0.25, 0.3) is 5.16 Å². The molecular formula is C54H72N12O8S2. The van der Waals surface area contributed by atoms with Gasteiger partial charge in [-0.3, -0.25) is 9.59 Å². The van der Waals surface area contributed by atoms with Crippen molar-refractivity contribution in [3.05, 3.63) is 83.2 Å². The van der Waals surface area contributed by atoms with Crippen LogP contribution in [0, 0.1) is 11.8 Å². The lowest BCUT2D eigenvalue weighted by molar-refractivity contribution is 0.0171. The Morgan fingerprint density at radius 3 is 1.43 bits per heavy atom. The zero-order chi connectivity index (χ0) is 55.3. The van der Waals surface area contributed by atoms with Crippen LogP contribution < -0.4 is 10.6 Å². The molecule has 0 spiro atoms. The summed E-state index contributed by atoms with van der Waals surface area (Å²) >= 11 is 1.47. The molecule has 0 unspecified atom stereocenters. The standard InChI is InChI=1S/C27H36N6O5S.C27H36N6O3S/c1-17(2)21-16-28-33-23(21)30-25(39(6,36)37)31-24(33)29-20-9-7-8-19(15-20)22(34)14-18-10-12-32(13-11-18)26(35)38-27(3,4)5;1-17(2)21-16-28-33-23(21)30-25(37-6)31-24(33)29-20-9-7-8-19(15-20)22(34)14-18-10-12-32(13-11-18)26(35)36-27(3,4)5/h7-9,15-18H,10-14H2,1-6H3,(H,29,30,31);7-9,15-18H,10-14H2,1-6H3,(H,29,30,31). The molecule has 0 saturated carbocycles. The third kappa shape index (κ3) is 14.8. The van der Waals surface area contributed by atoms with Gasteiger partial charge in [-0.1, -0.05) is 63.7 Å². The number of hydrogen-bond acceptors (Lipinski definition) is 17. The van der Waals surface area contributed by atoms with Gasteiger partial charge in [-0.25, -0.2) is 23.0 Å². The summed E-state index contributed by atoms with van der Waals surface area (Å²) in [7, 11) is -3.68. The normalized spacial score (nSPS) is 15.0. The molecule has 6 aromatic rings. The second-order valence-electron chi connectivity index (χ2n) is 22.1. The summed E-state index contributed by atoms with van der Waals surface area (Å²) < 4.78 is 38.7. The van der Waals surface area contributed by atoms with Crippen molar-refractivity contribution in [2.75, 3.05) is 49.3 Å². The van der Waals surface area contributed by atoms with E-state index in [4.69, 9.17) is 9.47 Å². The Kier molecular flexibility index (Phi) is 17.8. The Labute approximate surface area is 449 Å². The highest BCUT2D eigenvalue weighted by Gasteiger charge is 2.30. The predicted octanol–water partition coefficient (Wildman–Crippen LogP) is 10.5. The van der Waals surface area contributed by atoms with E-state index in [0.29, 0.717) is 72.6 Å². The number of piperidine rings is 2. The van der Waals surface area contributed by atoms with E-state index in [1.54, 1.807) is 44.8 Å². The van der Waals surface area contributed by atoms with Crippen LogP contribution in [0.25, 0.3) is 11.3 Å². The third-order valence-corrected chi connectivity index (χ3v) is 14.3. The number of aromatic nitrogens is 8. The van der Waals surface area contributed by atoms with E-state index >= 15 is 0 Å². The maximum atomic E-state index is 13.1. The van der Waals surface area contributed by atoms with Crippen LogP contribution in [0.3, 0.4) is 0 Å². The summed E-state index contributed by atoms with van der Waals surface area (Å²) in [6, 6.07) is 14.5. The minimum atomic E-state index is -3.68. The molecule has 2 aliphatic rings. The van der Waals surface area contributed by atoms with Gasteiger partial charge in [-0.2, -0.15) is 34.2 Å². The van der Waals surface area contributed by atoms with Crippen LogP contribution >= 0.6 is 11.8 Å². The van der Waals surface area contributed by atoms with Crippen LogP contribution in [0.4, 0.5) is 32.9 Å². The Balaban J connectivity index is 0.000000221. The van der Waals surface area contributed by atoms with Crippen molar-refractivity contribution in [3.8, 4) is 0 Å². The zero-order valence-electron chi connectivity index (χ0n) is 45.7. The number of fused-ring (bicyclic) bond motifs is 2. The molecule has 76 heavy (non-hydrogen) atoms. The molecule has 2 saturated heterocycles. The number of carbonyl (C=O) groups excluding carboxylic acids is 4. The quantitative estimate of drug-likeness (QED) is 0.0761. The van der Waals surface area contributed by atoms with E-state index in [9.17, 15) is 27.6 Å². The van der Waals surface area contributed by atoms with E-state index in [-0.39, 0.29) is 58.5 Å². The number of rotatable bonds is 14. The number of ether oxygens (including phenoxy) is 2. The van der Waals surface area contributed by atoms with Gasteiger partial charge in [0.2, 0.25) is 21.7 Å². The largest absolute Gasteiger partial charge is 0.444 e. The van der Waals surface area contributed by atoms with Gasteiger partial charge < -0.3 is 29.9 Å². The molecule has 0 atom stereocenters. The summed E-state index contributed by atoms with van der Waals surface area (Å²) in [5, 5.41) is 15.7. The molecule has 4 aromatic heterocycles. The molecule has 20 nitrogen and oxygen atoms in total. The summed E-state index contributed by atoms with van der Waals surface area (Å²) in [6.45, 7) is 21.6. The first-order valence-corrected chi connectivity index (χ1v) is 28.9. The second kappa shape index (κ2) is 23.7. The maximum Gasteiger partial charge on any atom is 0.410 e. The highest BCUT2D eigenvalue weighted by Crippen LogP contribution is 2.30. The molecule has 2 aromatic carbocycles. The number of hydrogen-bond donors (Lipinski definition) is 2. The molecule has 0 bridgehead atoms. The number of sulfone groups is 1. The second-order valence-corrected chi connectivity index (χ2v) is 24.8. The molecule has 0 aliphatic carbocycles. The number of nitrogens with zero attached hydrogens (tertiary/aromatic N) is 10. The third-order valence-electron chi connectivity index (χ3n) is 12.9. The first-order chi connectivity index (χ1) is 35.7. The Bertz CT molecular complexity index is 3180. The van der Waals surface area contributed by atoms with Gasteiger partial charge in [0, 0.05) is 78.9 Å². The molecule has 6 heterocycles. The summed E-state index contributed by atoms with van der Waals surface area (Å²) in [6.07, 6.45) is 9.75. The van der Waals surface area contributed by atoms with Crippen LogP contribution in [0.5, 0.6) is 0 Å². The van der Waals surface area contributed by atoms with Gasteiger partial charge in [-0.15, -0.1) is 0 Å². The number of benzene rings is 2. The van der Waals surface area contributed by atoms with E-state index < -0.39 is 21.0 Å². The van der Waals surface area contributed by atoms with Crippen molar-refractivity contribution < 1.29 is 37.1 Å². The number of Topliss-reactive ketones (excluding diaryl/α,β-unsaturated/α-hetero) is 2. The molecule has 2 aliphatic heterocycles. The minimum Gasteiger partial charge on any atom is -0.444 e. The molecule has 2 amide bonds. The first-order valence-electron chi connectivity index (χ1n) is 25.8. The average molecular weight is 1080 g/mol. The van der Waals surface area contributed by atoms with E-state index in [0.717, 1.165) is 54.4 Å². The minimum absolute atomic E-state index is 0.000195. The van der Waals surface area contributed by atoms with Crippen LogP contribution in [0.2, 0.25) is 0 Å². The number of ketones is 2. The van der Waals surface area contributed by atoms with Crippen LogP contribution in [-0.2, 0) is 19.3 Å². The van der Waals surface area contributed by atoms with Gasteiger partial charge >= 0.3 is 12.2 Å². The van der Waals surface area contributed by atoms with Gasteiger partial charge in [0.1, 0.15) is 11.2 Å². The summed E-state index contributed by atoms with van der Waals surface area (Å²) in [5.74, 6) is 1.61. The topological polar surface area (TPSA) is 238 Å². The highest BCUT2D eigenvalue weighted by atomic mass is 32.2. The van der Waals surface area contributed by atoms with Crippen LogP contribution in [-0.4, -0.2) is 131 Å². The van der Waals surface area contributed by atoms with Gasteiger partial charge in [0.05, 0.1) is 12.4 Å².